The molecule has 0 aromatic heterocycles. The third kappa shape index (κ3) is 2.00. The van der Waals surface area contributed by atoms with E-state index in [1.807, 2.05) is 0 Å². The standard InChI is InChI=1S/C10H13NO2/c1-3-8(11)7-4-5-9(12)10(6-7)13-2/h3-6,8,12H,1,11H2,2H3/t8-/m0/s1. The predicted octanol–water partition coefficient (Wildman–Crippen LogP) is 1.59. The van der Waals surface area contributed by atoms with E-state index in [0.717, 1.165) is 5.56 Å². The van der Waals surface area contributed by atoms with E-state index >= 15 is 0 Å². The zero-order chi connectivity index (χ0) is 9.84. The zero-order valence-electron chi connectivity index (χ0n) is 7.53. The molecule has 1 rings (SSSR count). The van der Waals surface area contributed by atoms with E-state index < -0.39 is 0 Å². The summed E-state index contributed by atoms with van der Waals surface area (Å²) in [5.74, 6) is 0.539. The summed E-state index contributed by atoms with van der Waals surface area (Å²) in [5, 5.41) is 9.30. The van der Waals surface area contributed by atoms with Gasteiger partial charge in [0.2, 0.25) is 0 Å². The molecule has 0 radical (unpaired) electrons. The van der Waals surface area contributed by atoms with Crippen LogP contribution in [0.4, 0.5) is 0 Å². The molecule has 1 atom stereocenters. The first-order valence-corrected chi connectivity index (χ1v) is 3.94. The first kappa shape index (κ1) is 9.61. The lowest BCUT2D eigenvalue weighted by molar-refractivity contribution is 0.373. The van der Waals surface area contributed by atoms with Gasteiger partial charge in [0.05, 0.1) is 7.11 Å². The number of nitrogens with two attached hydrogens (primary N) is 1. The number of phenolic OH excluding ortho intramolecular Hbond substituents is 1. The van der Waals surface area contributed by atoms with Gasteiger partial charge in [-0.05, 0) is 17.7 Å². The van der Waals surface area contributed by atoms with E-state index in [9.17, 15) is 5.11 Å². The van der Waals surface area contributed by atoms with Crippen LogP contribution in [0, 0.1) is 0 Å². The van der Waals surface area contributed by atoms with Gasteiger partial charge >= 0.3 is 0 Å². The van der Waals surface area contributed by atoms with Crippen LogP contribution in [0.15, 0.2) is 30.9 Å². The summed E-state index contributed by atoms with van der Waals surface area (Å²) in [5.41, 5.74) is 6.58. The molecule has 0 aliphatic heterocycles. The van der Waals surface area contributed by atoms with Crippen LogP contribution >= 0.6 is 0 Å². The molecule has 0 fully saturated rings. The van der Waals surface area contributed by atoms with Gasteiger partial charge in [0.25, 0.3) is 0 Å². The summed E-state index contributed by atoms with van der Waals surface area (Å²) in [6.07, 6.45) is 1.63. The van der Waals surface area contributed by atoms with Crippen LogP contribution in [0.2, 0.25) is 0 Å². The molecule has 0 saturated heterocycles. The van der Waals surface area contributed by atoms with Gasteiger partial charge in [-0.1, -0.05) is 12.1 Å². The van der Waals surface area contributed by atoms with Crippen molar-refractivity contribution in [1.82, 2.24) is 0 Å². The van der Waals surface area contributed by atoms with Gasteiger partial charge in [-0.15, -0.1) is 6.58 Å². The van der Waals surface area contributed by atoms with Crippen molar-refractivity contribution in [3.8, 4) is 11.5 Å². The van der Waals surface area contributed by atoms with Gasteiger partial charge in [0, 0.05) is 6.04 Å². The molecular formula is C10H13NO2. The van der Waals surface area contributed by atoms with Crippen molar-refractivity contribution in [2.75, 3.05) is 7.11 Å². The molecule has 1 aromatic carbocycles. The van der Waals surface area contributed by atoms with Crippen molar-refractivity contribution < 1.29 is 9.84 Å². The maximum atomic E-state index is 9.30. The summed E-state index contributed by atoms with van der Waals surface area (Å²) < 4.78 is 4.94. The summed E-state index contributed by atoms with van der Waals surface area (Å²) in [4.78, 5) is 0. The summed E-state index contributed by atoms with van der Waals surface area (Å²) >= 11 is 0. The van der Waals surface area contributed by atoms with Crippen LogP contribution < -0.4 is 10.5 Å². The molecule has 0 saturated carbocycles. The molecule has 3 heteroatoms. The lowest BCUT2D eigenvalue weighted by atomic mass is 10.1. The molecule has 1 aromatic rings. The van der Waals surface area contributed by atoms with E-state index in [4.69, 9.17) is 10.5 Å². The fraction of sp³-hybridized carbons (Fsp3) is 0.200. The van der Waals surface area contributed by atoms with Crippen molar-refractivity contribution in [1.29, 1.82) is 0 Å². The number of rotatable bonds is 3. The number of benzene rings is 1. The fourth-order valence-electron chi connectivity index (χ4n) is 1.04. The highest BCUT2D eigenvalue weighted by Crippen LogP contribution is 2.28. The number of hydrogen-bond donors (Lipinski definition) is 2. The molecular weight excluding hydrogens is 166 g/mol. The fourth-order valence-corrected chi connectivity index (χ4v) is 1.04. The average molecular weight is 179 g/mol. The Hall–Kier alpha value is -1.48. The Balaban J connectivity index is 3.05. The predicted molar refractivity (Wildman–Crippen MR) is 51.8 cm³/mol. The van der Waals surface area contributed by atoms with Crippen LogP contribution in [0.3, 0.4) is 0 Å². The summed E-state index contributed by atoms with van der Waals surface area (Å²) in [6, 6.07) is 4.76. The number of phenols is 1. The Morgan fingerprint density at radius 3 is 2.85 bits per heavy atom. The van der Waals surface area contributed by atoms with Gasteiger partial charge in [0.15, 0.2) is 11.5 Å². The largest absolute Gasteiger partial charge is 0.504 e. The maximum Gasteiger partial charge on any atom is 0.160 e. The molecule has 0 bridgehead atoms. The van der Waals surface area contributed by atoms with Crippen molar-refractivity contribution in [2.24, 2.45) is 5.73 Å². The van der Waals surface area contributed by atoms with Gasteiger partial charge in [0.1, 0.15) is 0 Å². The quantitative estimate of drug-likeness (QED) is 0.693. The van der Waals surface area contributed by atoms with Crippen molar-refractivity contribution in [2.45, 2.75) is 6.04 Å². The Morgan fingerprint density at radius 1 is 1.62 bits per heavy atom. The highest BCUT2D eigenvalue weighted by Gasteiger charge is 2.05. The normalized spacial score (nSPS) is 12.2. The lowest BCUT2D eigenvalue weighted by Crippen LogP contribution is -2.06. The first-order chi connectivity index (χ1) is 6.19. The van der Waals surface area contributed by atoms with Gasteiger partial charge in [-0.3, -0.25) is 0 Å². The van der Waals surface area contributed by atoms with Crippen LogP contribution in [0.1, 0.15) is 11.6 Å². The maximum absolute atomic E-state index is 9.30. The summed E-state index contributed by atoms with van der Waals surface area (Å²) in [6.45, 7) is 3.59. The van der Waals surface area contributed by atoms with Crippen LogP contribution in [0.5, 0.6) is 11.5 Å². The second kappa shape index (κ2) is 3.96. The monoisotopic (exact) mass is 179 g/mol. The molecule has 3 N–H and O–H groups in total. The Morgan fingerprint density at radius 2 is 2.31 bits per heavy atom. The van der Waals surface area contributed by atoms with E-state index in [1.54, 1.807) is 24.3 Å². The van der Waals surface area contributed by atoms with Crippen molar-refractivity contribution >= 4 is 0 Å². The second-order valence-electron chi connectivity index (χ2n) is 2.69. The van der Waals surface area contributed by atoms with E-state index in [0.29, 0.717) is 5.75 Å². The number of methoxy groups -OCH3 is 1. The first-order valence-electron chi connectivity index (χ1n) is 3.94. The second-order valence-corrected chi connectivity index (χ2v) is 2.69. The Labute approximate surface area is 77.4 Å². The highest BCUT2D eigenvalue weighted by atomic mass is 16.5. The molecule has 0 aliphatic rings. The van der Waals surface area contributed by atoms with Gasteiger partial charge in [-0.2, -0.15) is 0 Å². The number of aromatic hydroxyl groups is 1. The van der Waals surface area contributed by atoms with Gasteiger partial charge < -0.3 is 15.6 Å². The summed E-state index contributed by atoms with van der Waals surface area (Å²) in [7, 11) is 1.50. The molecule has 0 spiro atoms. The Bertz CT molecular complexity index is 310. The van der Waals surface area contributed by atoms with Crippen molar-refractivity contribution in [3.63, 3.8) is 0 Å². The van der Waals surface area contributed by atoms with Crippen molar-refractivity contribution in [3.05, 3.63) is 36.4 Å². The van der Waals surface area contributed by atoms with Crippen LogP contribution in [-0.4, -0.2) is 12.2 Å². The molecule has 70 valence electrons. The Kier molecular flexibility index (Phi) is 2.93. The smallest absolute Gasteiger partial charge is 0.160 e. The SMILES string of the molecule is C=C[C@H](N)c1ccc(O)c(OC)c1. The third-order valence-corrected chi connectivity index (χ3v) is 1.84. The minimum atomic E-state index is -0.227. The van der Waals surface area contributed by atoms with E-state index in [1.165, 1.54) is 7.11 Å². The molecule has 3 nitrogen and oxygen atoms in total. The average Bonchev–Trinajstić information content (AvgIpc) is 2.17. The lowest BCUT2D eigenvalue weighted by Gasteiger charge is -2.09. The number of ether oxygens (including phenoxy) is 1. The third-order valence-electron chi connectivity index (χ3n) is 1.84. The van der Waals surface area contributed by atoms with Gasteiger partial charge in [-0.25, -0.2) is 0 Å². The van der Waals surface area contributed by atoms with Crippen LogP contribution in [0.25, 0.3) is 0 Å². The molecule has 0 amide bonds. The topological polar surface area (TPSA) is 55.5 Å². The zero-order valence-corrected chi connectivity index (χ0v) is 7.53. The molecule has 0 unspecified atom stereocenters. The molecule has 13 heavy (non-hydrogen) atoms. The molecule has 0 aliphatic carbocycles. The molecule has 0 heterocycles. The van der Waals surface area contributed by atoms with E-state index in [-0.39, 0.29) is 11.8 Å². The van der Waals surface area contributed by atoms with Crippen LogP contribution in [-0.2, 0) is 0 Å². The minimum absolute atomic E-state index is 0.113. The number of hydrogen-bond acceptors (Lipinski definition) is 3. The highest BCUT2D eigenvalue weighted by molar-refractivity contribution is 5.43. The minimum Gasteiger partial charge on any atom is -0.504 e. The van der Waals surface area contributed by atoms with E-state index in [2.05, 4.69) is 6.58 Å².